The summed E-state index contributed by atoms with van der Waals surface area (Å²) >= 11 is 0. The summed E-state index contributed by atoms with van der Waals surface area (Å²) in [5, 5.41) is 11.9. The fraction of sp³-hybridized carbons (Fsp3) is 0.846. The van der Waals surface area contributed by atoms with Gasteiger partial charge in [0.1, 0.15) is 0 Å². The zero-order valence-corrected chi connectivity index (χ0v) is 10.9. The van der Waals surface area contributed by atoms with E-state index in [2.05, 4.69) is 5.32 Å². The lowest BCUT2D eigenvalue weighted by atomic mass is 9.73. The van der Waals surface area contributed by atoms with Gasteiger partial charge >= 0.3 is 5.97 Å². The highest BCUT2D eigenvalue weighted by Gasteiger charge is 2.42. The molecule has 1 aliphatic heterocycles. The molecule has 2 N–H and O–H groups in total. The predicted octanol–water partition coefficient (Wildman–Crippen LogP) is 1.17. The van der Waals surface area contributed by atoms with Crippen molar-refractivity contribution in [2.45, 2.75) is 51.2 Å². The van der Waals surface area contributed by atoms with Crippen molar-refractivity contribution in [1.29, 1.82) is 0 Å². The Balaban J connectivity index is 1.86. The quantitative estimate of drug-likeness (QED) is 0.793. The lowest BCUT2D eigenvalue weighted by molar-refractivity contribution is -0.153. The van der Waals surface area contributed by atoms with Crippen LogP contribution in [-0.2, 0) is 14.3 Å². The zero-order valence-electron chi connectivity index (χ0n) is 10.9. The molecule has 1 saturated carbocycles. The number of carboxylic acid groups (broad SMARTS) is 1. The van der Waals surface area contributed by atoms with E-state index in [1.54, 1.807) is 0 Å². The molecule has 3 unspecified atom stereocenters. The van der Waals surface area contributed by atoms with Gasteiger partial charge in [-0.2, -0.15) is 0 Å². The highest BCUT2D eigenvalue weighted by Crippen LogP contribution is 2.35. The third-order valence-electron chi connectivity index (χ3n) is 3.97. The fourth-order valence-corrected chi connectivity index (χ4v) is 2.77. The SMILES string of the molecule is CC1(C)CC(NC(=O)C2CCC2C(=O)O)CCO1. The summed E-state index contributed by atoms with van der Waals surface area (Å²) in [7, 11) is 0. The van der Waals surface area contributed by atoms with Crippen molar-refractivity contribution < 1.29 is 19.4 Å². The number of amides is 1. The summed E-state index contributed by atoms with van der Waals surface area (Å²) in [6, 6.07) is 0.108. The van der Waals surface area contributed by atoms with Gasteiger partial charge in [0.2, 0.25) is 5.91 Å². The molecule has 0 radical (unpaired) electrons. The van der Waals surface area contributed by atoms with Crippen LogP contribution in [0, 0.1) is 11.8 Å². The Hall–Kier alpha value is -1.10. The number of nitrogens with one attached hydrogen (secondary N) is 1. The average Bonchev–Trinajstić information content (AvgIpc) is 2.11. The minimum atomic E-state index is -0.853. The van der Waals surface area contributed by atoms with Gasteiger partial charge in [-0.05, 0) is 39.5 Å². The largest absolute Gasteiger partial charge is 0.481 e. The van der Waals surface area contributed by atoms with Gasteiger partial charge in [0.25, 0.3) is 0 Å². The maximum atomic E-state index is 12.0. The van der Waals surface area contributed by atoms with E-state index in [0.29, 0.717) is 19.4 Å². The van der Waals surface area contributed by atoms with Gasteiger partial charge in [-0.3, -0.25) is 9.59 Å². The van der Waals surface area contributed by atoms with E-state index < -0.39 is 11.9 Å². The molecule has 2 fully saturated rings. The monoisotopic (exact) mass is 255 g/mol. The third kappa shape index (κ3) is 2.83. The minimum Gasteiger partial charge on any atom is -0.481 e. The maximum Gasteiger partial charge on any atom is 0.307 e. The van der Waals surface area contributed by atoms with E-state index in [1.807, 2.05) is 13.8 Å². The summed E-state index contributed by atoms with van der Waals surface area (Å²) in [5.41, 5.74) is -0.206. The number of carboxylic acids is 1. The Kier molecular flexibility index (Phi) is 3.61. The highest BCUT2D eigenvalue weighted by molar-refractivity contribution is 5.86. The molecule has 2 rings (SSSR count). The van der Waals surface area contributed by atoms with Crippen LogP contribution in [0.15, 0.2) is 0 Å². The molecule has 3 atom stereocenters. The van der Waals surface area contributed by atoms with Crippen LogP contribution in [0.3, 0.4) is 0 Å². The van der Waals surface area contributed by atoms with E-state index in [9.17, 15) is 9.59 Å². The van der Waals surface area contributed by atoms with Crippen LogP contribution >= 0.6 is 0 Å². The lowest BCUT2D eigenvalue weighted by Gasteiger charge is -2.38. The Morgan fingerprint density at radius 1 is 1.22 bits per heavy atom. The van der Waals surface area contributed by atoms with Gasteiger partial charge in [0, 0.05) is 12.6 Å². The van der Waals surface area contributed by atoms with E-state index in [4.69, 9.17) is 9.84 Å². The molecule has 1 aliphatic carbocycles. The molecule has 1 amide bonds. The molecule has 1 saturated heterocycles. The standard InChI is InChI=1S/C13H21NO4/c1-13(2)7-8(5-6-18-13)14-11(15)9-3-4-10(9)12(16)17/h8-10H,3-7H2,1-2H3,(H,14,15)(H,16,17). The first-order valence-corrected chi connectivity index (χ1v) is 6.56. The Morgan fingerprint density at radius 3 is 2.39 bits per heavy atom. The van der Waals surface area contributed by atoms with Gasteiger partial charge in [-0.15, -0.1) is 0 Å². The van der Waals surface area contributed by atoms with Crippen LogP contribution in [0.4, 0.5) is 0 Å². The number of hydrogen-bond acceptors (Lipinski definition) is 3. The molecule has 0 aromatic carbocycles. The second kappa shape index (κ2) is 4.88. The van der Waals surface area contributed by atoms with Gasteiger partial charge in [0.15, 0.2) is 0 Å². The van der Waals surface area contributed by atoms with Crippen molar-refractivity contribution in [3.05, 3.63) is 0 Å². The first kappa shape index (κ1) is 13.3. The Morgan fingerprint density at radius 2 is 1.89 bits per heavy atom. The second-order valence-corrected chi connectivity index (χ2v) is 5.94. The fourth-order valence-electron chi connectivity index (χ4n) is 2.77. The molecular formula is C13H21NO4. The minimum absolute atomic E-state index is 0.101. The predicted molar refractivity (Wildman–Crippen MR) is 65.0 cm³/mol. The van der Waals surface area contributed by atoms with E-state index in [0.717, 1.165) is 12.8 Å². The molecule has 18 heavy (non-hydrogen) atoms. The van der Waals surface area contributed by atoms with Crippen LogP contribution < -0.4 is 5.32 Å². The molecule has 0 bridgehead atoms. The van der Waals surface area contributed by atoms with Crippen LogP contribution in [0.1, 0.15) is 39.5 Å². The summed E-state index contributed by atoms with van der Waals surface area (Å²) < 4.78 is 5.59. The highest BCUT2D eigenvalue weighted by atomic mass is 16.5. The number of aliphatic carboxylic acids is 1. The molecule has 102 valence electrons. The normalized spacial score (nSPS) is 34.4. The summed E-state index contributed by atoms with van der Waals surface area (Å²) in [6.07, 6.45) is 2.89. The number of rotatable bonds is 3. The molecular weight excluding hydrogens is 234 g/mol. The zero-order chi connectivity index (χ0) is 13.3. The van der Waals surface area contributed by atoms with Crippen molar-refractivity contribution in [2.75, 3.05) is 6.61 Å². The van der Waals surface area contributed by atoms with Crippen molar-refractivity contribution in [2.24, 2.45) is 11.8 Å². The first-order valence-electron chi connectivity index (χ1n) is 6.56. The van der Waals surface area contributed by atoms with Crippen molar-refractivity contribution >= 4 is 11.9 Å². The molecule has 0 spiro atoms. The summed E-state index contributed by atoms with van der Waals surface area (Å²) in [6.45, 7) is 4.66. The van der Waals surface area contributed by atoms with E-state index >= 15 is 0 Å². The third-order valence-corrected chi connectivity index (χ3v) is 3.97. The van der Waals surface area contributed by atoms with Crippen LogP contribution in [0.2, 0.25) is 0 Å². The summed E-state index contributed by atoms with van der Waals surface area (Å²) in [4.78, 5) is 22.9. The van der Waals surface area contributed by atoms with Gasteiger partial charge in [0.05, 0.1) is 17.4 Å². The summed E-state index contributed by atoms with van der Waals surface area (Å²) in [5.74, 6) is -1.78. The number of carbonyl (C=O) groups excluding carboxylic acids is 1. The van der Waals surface area contributed by atoms with Crippen LogP contribution in [-0.4, -0.2) is 35.2 Å². The van der Waals surface area contributed by atoms with Crippen LogP contribution in [0.5, 0.6) is 0 Å². The molecule has 0 aromatic rings. The first-order chi connectivity index (χ1) is 8.39. The van der Waals surface area contributed by atoms with E-state index in [-0.39, 0.29) is 23.5 Å². The van der Waals surface area contributed by atoms with Gasteiger partial charge < -0.3 is 15.2 Å². The van der Waals surface area contributed by atoms with Gasteiger partial charge in [-0.1, -0.05) is 0 Å². The lowest BCUT2D eigenvalue weighted by Crippen LogP contribution is -2.51. The van der Waals surface area contributed by atoms with Crippen molar-refractivity contribution in [3.63, 3.8) is 0 Å². The van der Waals surface area contributed by atoms with Crippen molar-refractivity contribution in [3.8, 4) is 0 Å². The Labute approximate surface area is 107 Å². The van der Waals surface area contributed by atoms with E-state index in [1.165, 1.54) is 0 Å². The maximum absolute atomic E-state index is 12.0. The topological polar surface area (TPSA) is 75.6 Å². The number of hydrogen-bond donors (Lipinski definition) is 2. The number of ether oxygens (including phenoxy) is 1. The molecule has 1 heterocycles. The van der Waals surface area contributed by atoms with Gasteiger partial charge in [-0.25, -0.2) is 0 Å². The second-order valence-electron chi connectivity index (χ2n) is 5.94. The molecule has 5 heteroatoms. The van der Waals surface area contributed by atoms with Crippen molar-refractivity contribution in [1.82, 2.24) is 5.32 Å². The Bertz CT molecular complexity index is 353. The average molecular weight is 255 g/mol. The number of carbonyl (C=O) groups is 2. The molecule has 5 nitrogen and oxygen atoms in total. The van der Waals surface area contributed by atoms with Crippen LogP contribution in [0.25, 0.3) is 0 Å². The molecule has 0 aromatic heterocycles. The smallest absolute Gasteiger partial charge is 0.307 e. The molecule has 2 aliphatic rings.